The van der Waals surface area contributed by atoms with E-state index in [1.165, 1.54) is 6.07 Å². The molecule has 7 heteroatoms. The number of pyridine rings is 2. The van der Waals surface area contributed by atoms with Gasteiger partial charge in [0.1, 0.15) is 5.65 Å². The number of aromatic amines is 1. The maximum atomic E-state index is 12.3. The molecule has 0 radical (unpaired) electrons. The summed E-state index contributed by atoms with van der Waals surface area (Å²) in [7, 11) is 0. The number of aromatic nitrogens is 4. The lowest BCUT2D eigenvalue weighted by molar-refractivity contribution is 0.178. The van der Waals surface area contributed by atoms with Gasteiger partial charge >= 0.3 is 6.01 Å². The Morgan fingerprint density at radius 2 is 2.15 bits per heavy atom. The fourth-order valence-corrected chi connectivity index (χ4v) is 1.86. The SMILES string of the molecule is O=c1ccc2c(-c3cccnc3)nc(OCF)nc2[nH]1. The summed E-state index contributed by atoms with van der Waals surface area (Å²) >= 11 is 0. The summed E-state index contributed by atoms with van der Waals surface area (Å²) in [6.07, 6.45) is 3.25. The highest BCUT2D eigenvalue weighted by Crippen LogP contribution is 2.25. The highest BCUT2D eigenvalue weighted by molar-refractivity contribution is 5.90. The minimum Gasteiger partial charge on any atom is -0.431 e. The van der Waals surface area contributed by atoms with Crippen molar-refractivity contribution >= 4 is 11.0 Å². The van der Waals surface area contributed by atoms with E-state index in [1.54, 1.807) is 30.6 Å². The van der Waals surface area contributed by atoms with Crippen molar-refractivity contribution in [3.05, 3.63) is 47.0 Å². The molecule has 0 aliphatic rings. The van der Waals surface area contributed by atoms with Gasteiger partial charge in [-0.1, -0.05) is 0 Å². The Bertz CT molecular complexity index is 804. The number of rotatable bonds is 3. The van der Waals surface area contributed by atoms with Crippen LogP contribution in [0, 0.1) is 0 Å². The molecule has 1 N–H and O–H groups in total. The third-order valence-corrected chi connectivity index (χ3v) is 2.69. The number of nitrogens with zero attached hydrogens (tertiary/aromatic N) is 3. The summed E-state index contributed by atoms with van der Waals surface area (Å²) in [5.41, 5.74) is 1.22. The third-order valence-electron chi connectivity index (χ3n) is 2.69. The monoisotopic (exact) mass is 272 g/mol. The zero-order valence-electron chi connectivity index (χ0n) is 10.2. The van der Waals surface area contributed by atoms with Crippen LogP contribution in [0.2, 0.25) is 0 Å². The molecule has 3 rings (SSSR count). The first-order chi connectivity index (χ1) is 9.78. The van der Waals surface area contributed by atoms with Gasteiger partial charge in [0.2, 0.25) is 12.4 Å². The predicted octanol–water partition coefficient (Wildman–Crippen LogP) is 1.69. The Morgan fingerprint density at radius 3 is 2.90 bits per heavy atom. The molecular formula is C13H9FN4O2. The van der Waals surface area contributed by atoms with Crippen LogP contribution in [0.3, 0.4) is 0 Å². The second kappa shape index (κ2) is 5.04. The van der Waals surface area contributed by atoms with Crippen LogP contribution < -0.4 is 10.3 Å². The number of fused-ring (bicyclic) bond motifs is 1. The van der Waals surface area contributed by atoms with Crippen molar-refractivity contribution in [3.8, 4) is 17.3 Å². The Balaban J connectivity index is 2.31. The van der Waals surface area contributed by atoms with E-state index in [-0.39, 0.29) is 17.2 Å². The second-order valence-electron chi connectivity index (χ2n) is 3.93. The molecule has 0 aliphatic heterocycles. The van der Waals surface area contributed by atoms with Crippen LogP contribution in [0.4, 0.5) is 4.39 Å². The standard InChI is InChI=1S/C13H9FN4O2/c14-7-20-13-17-11(8-2-1-5-15-6-8)9-3-4-10(19)16-12(9)18-13/h1-6H,7H2,(H,16,17,18,19). The van der Waals surface area contributed by atoms with Crippen molar-refractivity contribution in [2.45, 2.75) is 0 Å². The molecule has 0 amide bonds. The van der Waals surface area contributed by atoms with Gasteiger partial charge in [-0.15, -0.1) is 0 Å². The van der Waals surface area contributed by atoms with Gasteiger partial charge in [0.25, 0.3) is 0 Å². The lowest BCUT2D eigenvalue weighted by Gasteiger charge is -2.07. The largest absolute Gasteiger partial charge is 0.431 e. The zero-order valence-corrected chi connectivity index (χ0v) is 10.2. The van der Waals surface area contributed by atoms with E-state index in [0.29, 0.717) is 11.1 Å². The van der Waals surface area contributed by atoms with Gasteiger partial charge in [-0.05, 0) is 18.2 Å². The van der Waals surface area contributed by atoms with Crippen molar-refractivity contribution in [1.29, 1.82) is 0 Å². The molecule has 0 fully saturated rings. The highest BCUT2D eigenvalue weighted by Gasteiger charge is 2.11. The fraction of sp³-hybridized carbons (Fsp3) is 0.0769. The van der Waals surface area contributed by atoms with Crippen molar-refractivity contribution in [2.24, 2.45) is 0 Å². The Hall–Kier alpha value is -2.83. The average molecular weight is 272 g/mol. The van der Waals surface area contributed by atoms with Gasteiger partial charge < -0.3 is 9.72 Å². The highest BCUT2D eigenvalue weighted by atomic mass is 19.1. The average Bonchev–Trinajstić information content (AvgIpc) is 2.47. The van der Waals surface area contributed by atoms with Crippen molar-refractivity contribution in [1.82, 2.24) is 19.9 Å². The van der Waals surface area contributed by atoms with Crippen molar-refractivity contribution in [2.75, 3.05) is 6.86 Å². The molecule has 0 aliphatic carbocycles. The summed E-state index contributed by atoms with van der Waals surface area (Å²) in [6.45, 7) is -1.05. The lowest BCUT2D eigenvalue weighted by Crippen LogP contribution is -2.07. The maximum absolute atomic E-state index is 12.3. The van der Waals surface area contributed by atoms with Crippen molar-refractivity contribution in [3.63, 3.8) is 0 Å². The first-order valence-electron chi connectivity index (χ1n) is 5.78. The number of alkyl halides is 1. The van der Waals surface area contributed by atoms with Crippen LogP contribution in [-0.4, -0.2) is 26.8 Å². The van der Waals surface area contributed by atoms with Crippen LogP contribution in [0.15, 0.2) is 41.5 Å². The normalized spacial score (nSPS) is 10.7. The van der Waals surface area contributed by atoms with E-state index in [0.717, 1.165) is 5.56 Å². The summed E-state index contributed by atoms with van der Waals surface area (Å²) < 4.78 is 17.0. The summed E-state index contributed by atoms with van der Waals surface area (Å²) in [5.74, 6) is 0. The second-order valence-corrected chi connectivity index (χ2v) is 3.93. The number of hydrogen-bond donors (Lipinski definition) is 1. The van der Waals surface area contributed by atoms with Gasteiger partial charge in [0, 0.05) is 29.4 Å². The molecule has 0 bridgehead atoms. The summed E-state index contributed by atoms with van der Waals surface area (Å²) in [5, 5.41) is 0.629. The first kappa shape index (κ1) is 12.2. The van der Waals surface area contributed by atoms with Gasteiger partial charge in [0.15, 0.2) is 0 Å². The Labute approximate surface area is 112 Å². The van der Waals surface area contributed by atoms with Crippen LogP contribution >= 0.6 is 0 Å². The molecule has 0 aromatic carbocycles. The third kappa shape index (κ3) is 2.20. The quantitative estimate of drug-likeness (QED) is 0.784. The van der Waals surface area contributed by atoms with E-state index in [9.17, 15) is 9.18 Å². The van der Waals surface area contributed by atoms with E-state index in [1.807, 2.05) is 0 Å². The van der Waals surface area contributed by atoms with Crippen LogP contribution in [0.1, 0.15) is 0 Å². The van der Waals surface area contributed by atoms with Gasteiger partial charge in [-0.2, -0.15) is 9.97 Å². The number of hydrogen-bond acceptors (Lipinski definition) is 5. The number of ether oxygens (including phenoxy) is 1. The predicted molar refractivity (Wildman–Crippen MR) is 70.0 cm³/mol. The number of H-pyrrole nitrogens is 1. The topological polar surface area (TPSA) is 80.8 Å². The molecule has 0 atom stereocenters. The van der Waals surface area contributed by atoms with Gasteiger partial charge in [-0.3, -0.25) is 9.78 Å². The van der Waals surface area contributed by atoms with Crippen LogP contribution in [0.5, 0.6) is 6.01 Å². The number of nitrogens with one attached hydrogen (secondary N) is 1. The Kier molecular flexibility index (Phi) is 3.08. The van der Waals surface area contributed by atoms with Crippen molar-refractivity contribution < 1.29 is 9.13 Å². The van der Waals surface area contributed by atoms with Gasteiger partial charge in [0.05, 0.1) is 5.69 Å². The molecule has 0 spiro atoms. The van der Waals surface area contributed by atoms with Crippen LogP contribution in [0.25, 0.3) is 22.3 Å². The van der Waals surface area contributed by atoms with E-state index in [2.05, 4.69) is 24.7 Å². The summed E-state index contributed by atoms with van der Waals surface area (Å²) in [6, 6.07) is 6.40. The molecule has 6 nitrogen and oxygen atoms in total. The van der Waals surface area contributed by atoms with Gasteiger partial charge in [-0.25, -0.2) is 4.39 Å². The number of halogens is 1. The smallest absolute Gasteiger partial charge is 0.321 e. The molecule has 0 saturated heterocycles. The molecule has 0 unspecified atom stereocenters. The van der Waals surface area contributed by atoms with E-state index < -0.39 is 6.86 Å². The Morgan fingerprint density at radius 1 is 1.25 bits per heavy atom. The van der Waals surface area contributed by atoms with Crippen LogP contribution in [-0.2, 0) is 0 Å². The first-order valence-corrected chi connectivity index (χ1v) is 5.78. The molecule has 3 aromatic rings. The van der Waals surface area contributed by atoms with E-state index >= 15 is 0 Å². The fourth-order valence-electron chi connectivity index (χ4n) is 1.86. The molecule has 20 heavy (non-hydrogen) atoms. The molecular weight excluding hydrogens is 263 g/mol. The molecule has 0 saturated carbocycles. The molecule has 100 valence electrons. The molecule has 3 aromatic heterocycles. The van der Waals surface area contributed by atoms with E-state index in [4.69, 9.17) is 0 Å². The zero-order chi connectivity index (χ0) is 13.9. The lowest BCUT2D eigenvalue weighted by atomic mass is 10.1. The minimum atomic E-state index is -1.05. The maximum Gasteiger partial charge on any atom is 0.321 e. The summed E-state index contributed by atoms with van der Waals surface area (Å²) in [4.78, 5) is 26.1. The molecule has 3 heterocycles. The minimum absolute atomic E-state index is 0.138.